The normalized spacial score (nSPS) is 16.3. The number of rotatable bonds is 5. The maximum absolute atomic E-state index is 4.18. The summed E-state index contributed by atoms with van der Waals surface area (Å²) >= 11 is 0. The Morgan fingerprint density at radius 2 is 2.05 bits per heavy atom. The van der Waals surface area contributed by atoms with Crippen LogP contribution < -0.4 is 5.32 Å². The van der Waals surface area contributed by atoms with Gasteiger partial charge in [-0.1, -0.05) is 30.3 Å². The molecule has 2 nitrogen and oxygen atoms in total. The van der Waals surface area contributed by atoms with Gasteiger partial charge in [0, 0.05) is 25.0 Å². The fourth-order valence-corrected chi connectivity index (χ4v) is 2.50. The van der Waals surface area contributed by atoms with Gasteiger partial charge in [0.15, 0.2) is 0 Å². The standard InChI is InChI=1S/C17H20N2/c1-13(15-6-4-10-18-11-15)19-12-16-5-2-3-7-17(16)14-8-9-14/h2-7,10-11,13-14,19H,8-9,12H2,1H3/t13-/m1/s1. The number of hydrogen-bond acceptors (Lipinski definition) is 2. The molecule has 0 bridgehead atoms. The molecule has 3 rings (SSSR count). The lowest BCUT2D eigenvalue weighted by Crippen LogP contribution is -2.19. The van der Waals surface area contributed by atoms with Crippen LogP contribution in [-0.4, -0.2) is 4.98 Å². The van der Waals surface area contributed by atoms with Gasteiger partial charge in [-0.2, -0.15) is 0 Å². The Hall–Kier alpha value is -1.67. The van der Waals surface area contributed by atoms with Gasteiger partial charge in [-0.25, -0.2) is 0 Å². The number of aromatic nitrogens is 1. The van der Waals surface area contributed by atoms with Gasteiger partial charge in [0.1, 0.15) is 0 Å². The molecule has 0 unspecified atom stereocenters. The first-order valence-corrected chi connectivity index (χ1v) is 7.05. The second-order valence-electron chi connectivity index (χ2n) is 5.36. The molecule has 1 aromatic heterocycles. The summed E-state index contributed by atoms with van der Waals surface area (Å²) in [7, 11) is 0. The van der Waals surface area contributed by atoms with E-state index in [2.05, 4.69) is 47.6 Å². The monoisotopic (exact) mass is 252 g/mol. The van der Waals surface area contributed by atoms with Crippen molar-refractivity contribution in [2.75, 3.05) is 0 Å². The molecule has 1 aliphatic carbocycles. The van der Waals surface area contributed by atoms with Gasteiger partial charge in [0.2, 0.25) is 0 Å². The molecule has 0 aliphatic heterocycles. The quantitative estimate of drug-likeness (QED) is 0.875. The van der Waals surface area contributed by atoms with Crippen molar-refractivity contribution in [2.45, 2.75) is 38.3 Å². The number of pyridine rings is 1. The third kappa shape index (κ3) is 3.02. The van der Waals surface area contributed by atoms with E-state index >= 15 is 0 Å². The van der Waals surface area contributed by atoms with Crippen molar-refractivity contribution in [3.8, 4) is 0 Å². The van der Waals surface area contributed by atoms with Crippen LogP contribution in [0.2, 0.25) is 0 Å². The highest BCUT2D eigenvalue weighted by Gasteiger charge is 2.25. The van der Waals surface area contributed by atoms with Crippen LogP contribution in [0.25, 0.3) is 0 Å². The number of hydrogen-bond donors (Lipinski definition) is 1. The molecular weight excluding hydrogens is 232 g/mol. The molecule has 98 valence electrons. The van der Waals surface area contributed by atoms with Gasteiger partial charge in [-0.3, -0.25) is 4.98 Å². The van der Waals surface area contributed by atoms with E-state index in [1.54, 1.807) is 0 Å². The molecule has 2 aromatic rings. The third-order valence-corrected chi connectivity index (χ3v) is 3.86. The van der Waals surface area contributed by atoms with Crippen LogP contribution in [0.4, 0.5) is 0 Å². The Labute approximate surface area is 114 Å². The van der Waals surface area contributed by atoms with Gasteiger partial charge in [0.25, 0.3) is 0 Å². The second-order valence-corrected chi connectivity index (χ2v) is 5.36. The molecule has 1 saturated carbocycles. The van der Waals surface area contributed by atoms with E-state index in [0.29, 0.717) is 6.04 Å². The van der Waals surface area contributed by atoms with Crippen LogP contribution in [0.15, 0.2) is 48.8 Å². The topological polar surface area (TPSA) is 24.9 Å². The summed E-state index contributed by atoms with van der Waals surface area (Å²) in [6, 6.07) is 13.3. The second kappa shape index (κ2) is 5.54. The van der Waals surface area contributed by atoms with E-state index in [-0.39, 0.29) is 0 Å². The number of benzene rings is 1. The van der Waals surface area contributed by atoms with E-state index in [1.807, 2.05) is 18.5 Å². The van der Waals surface area contributed by atoms with E-state index in [0.717, 1.165) is 12.5 Å². The summed E-state index contributed by atoms with van der Waals surface area (Å²) in [4.78, 5) is 4.18. The first kappa shape index (κ1) is 12.4. The molecule has 0 amide bonds. The molecule has 1 N–H and O–H groups in total. The lowest BCUT2D eigenvalue weighted by atomic mass is 10.0. The van der Waals surface area contributed by atoms with Crippen LogP contribution in [-0.2, 0) is 6.54 Å². The van der Waals surface area contributed by atoms with E-state index in [9.17, 15) is 0 Å². The minimum atomic E-state index is 0.334. The van der Waals surface area contributed by atoms with Gasteiger partial charge < -0.3 is 5.32 Å². The van der Waals surface area contributed by atoms with Crippen LogP contribution in [0.5, 0.6) is 0 Å². The molecule has 1 aromatic carbocycles. The number of nitrogens with one attached hydrogen (secondary N) is 1. The predicted molar refractivity (Wildman–Crippen MR) is 77.9 cm³/mol. The van der Waals surface area contributed by atoms with E-state index < -0.39 is 0 Å². The summed E-state index contributed by atoms with van der Waals surface area (Å²) in [6.45, 7) is 3.12. The average Bonchev–Trinajstić information content (AvgIpc) is 3.30. The summed E-state index contributed by atoms with van der Waals surface area (Å²) in [5.41, 5.74) is 4.22. The first-order valence-electron chi connectivity index (χ1n) is 7.05. The van der Waals surface area contributed by atoms with E-state index in [1.165, 1.54) is 29.5 Å². The lowest BCUT2D eigenvalue weighted by Gasteiger charge is -2.15. The molecule has 1 heterocycles. The van der Waals surface area contributed by atoms with Crippen LogP contribution in [0.1, 0.15) is 48.4 Å². The third-order valence-electron chi connectivity index (χ3n) is 3.86. The van der Waals surface area contributed by atoms with Gasteiger partial charge in [-0.05, 0) is 48.4 Å². The van der Waals surface area contributed by atoms with Crippen LogP contribution in [0, 0.1) is 0 Å². The Morgan fingerprint density at radius 3 is 2.79 bits per heavy atom. The smallest absolute Gasteiger partial charge is 0.0315 e. The van der Waals surface area contributed by atoms with Crippen molar-refractivity contribution >= 4 is 0 Å². The van der Waals surface area contributed by atoms with Crippen molar-refractivity contribution in [3.63, 3.8) is 0 Å². The Kier molecular flexibility index (Phi) is 3.60. The summed E-state index contributed by atoms with van der Waals surface area (Å²) < 4.78 is 0. The molecule has 0 radical (unpaired) electrons. The molecule has 1 aliphatic rings. The molecule has 0 spiro atoms. The predicted octanol–water partition coefficient (Wildman–Crippen LogP) is 3.81. The maximum Gasteiger partial charge on any atom is 0.0315 e. The van der Waals surface area contributed by atoms with Gasteiger partial charge in [0.05, 0.1) is 0 Å². The van der Waals surface area contributed by atoms with E-state index in [4.69, 9.17) is 0 Å². The molecule has 19 heavy (non-hydrogen) atoms. The number of nitrogens with zero attached hydrogens (tertiary/aromatic N) is 1. The summed E-state index contributed by atoms with van der Waals surface area (Å²) in [6.07, 6.45) is 6.47. The molecule has 1 atom stereocenters. The fraction of sp³-hybridized carbons (Fsp3) is 0.353. The zero-order valence-electron chi connectivity index (χ0n) is 11.3. The molecule has 1 fully saturated rings. The Balaban J connectivity index is 1.66. The van der Waals surface area contributed by atoms with Gasteiger partial charge >= 0.3 is 0 Å². The summed E-state index contributed by atoms with van der Waals surface area (Å²) in [5.74, 6) is 0.812. The molecule has 2 heteroatoms. The Bertz CT molecular complexity index is 532. The molecule has 0 saturated heterocycles. The first-order chi connectivity index (χ1) is 9.34. The fourth-order valence-electron chi connectivity index (χ4n) is 2.50. The van der Waals surface area contributed by atoms with Crippen molar-refractivity contribution in [1.29, 1.82) is 0 Å². The minimum absolute atomic E-state index is 0.334. The SMILES string of the molecule is C[C@@H](NCc1ccccc1C1CC1)c1cccnc1. The highest BCUT2D eigenvalue weighted by molar-refractivity contribution is 5.33. The minimum Gasteiger partial charge on any atom is -0.306 e. The van der Waals surface area contributed by atoms with Crippen molar-refractivity contribution in [1.82, 2.24) is 10.3 Å². The largest absolute Gasteiger partial charge is 0.306 e. The van der Waals surface area contributed by atoms with Crippen LogP contribution in [0.3, 0.4) is 0 Å². The molecular formula is C17H20N2. The van der Waals surface area contributed by atoms with Gasteiger partial charge in [-0.15, -0.1) is 0 Å². The zero-order chi connectivity index (χ0) is 13.1. The van der Waals surface area contributed by atoms with Crippen molar-refractivity contribution in [2.24, 2.45) is 0 Å². The maximum atomic E-state index is 4.18. The summed E-state index contributed by atoms with van der Waals surface area (Å²) in [5, 5.41) is 3.60. The zero-order valence-corrected chi connectivity index (χ0v) is 11.3. The highest BCUT2D eigenvalue weighted by atomic mass is 14.9. The van der Waals surface area contributed by atoms with Crippen LogP contribution >= 0.6 is 0 Å². The average molecular weight is 252 g/mol. The highest BCUT2D eigenvalue weighted by Crippen LogP contribution is 2.41. The van der Waals surface area contributed by atoms with Crippen molar-refractivity contribution < 1.29 is 0 Å². The lowest BCUT2D eigenvalue weighted by molar-refractivity contribution is 0.571. The Morgan fingerprint density at radius 1 is 1.21 bits per heavy atom. The van der Waals surface area contributed by atoms with Crippen molar-refractivity contribution in [3.05, 3.63) is 65.5 Å².